The Morgan fingerprint density at radius 3 is 2.50 bits per heavy atom. The predicted molar refractivity (Wildman–Crippen MR) is 118 cm³/mol. The molecule has 0 atom stereocenters. The molecule has 148 valence electrons. The maximum absolute atomic E-state index is 12.5. The Labute approximate surface area is 172 Å². The minimum absolute atomic E-state index is 0.293. The number of benzene rings is 2. The van der Waals surface area contributed by atoms with Crippen LogP contribution in [0.4, 0.5) is 11.4 Å². The van der Waals surface area contributed by atoms with Gasteiger partial charge in [0.2, 0.25) is 5.91 Å². The van der Waals surface area contributed by atoms with Crippen LogP contribution < -0.4 is 16.8 Å². The predicted octanol–water partition coefficient (Wildman–Crippen LogP) is 3.42. The second-order valence-electron chi connectivity index (χ2n) is 6.73. The highest BCUT2D eigenvalue weighted by atomic mass is 16.2. The molecule has 4 aromatic rings. The van der Waals surface area contributed by atoms with Gasteiger partial charge in [0.15, 0.2) is 0 Å². The molecule has 0 bridgehead atoms. The summed E-state index contributed by atoms with van der Waals surface area (Å²) < 4.78 is 0. The van der Waals surface area contributed by atoms with Crippen molar-refractivity contribution in [2.75, 3.05) is 11.1 Å². The summed E-state index contributed by atoms with van der Waals surface area (Å²) in [5, 5.41) is 3.56. The zero-order valence-corrected chi connectivity index (χ0v) is 15.9. The lowest BCUT2D eigenvalue weighted by atomic mass is 10.0. The van der Waals surface area contributed by atoms with E-state index in [0.717, 1.165) is 16.5 Å². The smallest absolute Gasteiger partial charge is 0.255 e. The van der Waals surface area contributed by atoms with E-state index in [1.807, 2.05) is 30.3 Å². The number of hydrogen-bond donors (Lipinski definition) is 4. The summed E-state index contributed by atoms with van der Waals surface area (Å²) in [7, 11) is 0. The Morgan fingerprint density at radius 2 is 1.77 bits per heavy atom. The van der Waals surface area contributed by atoms with Crippen molar-refractivity contribution in [1.82, 2.24) is 9.97 Å². The summed E-state index contributed by atoms with van der Waals surface area (Å²) in [5.41, 5.74) is 15.3. The molecule has 2 amide bonds. The number of nitrogens with zero attached hydrogens (tertiary/aromatic N) is 1. The number of anilines is 2. The molecule has 0 unspecified atom stereocenters. The number of carbonyl (C=O) groups excluding carboxylic acids is 2. The number of hydrogen-bond acceptors (Lipinski definition) is 4. The molecular formula is C23H19N5O2. The molecule has 7 nitrogen and oxygen atoms in total. The van der Waals surface area contributed by atoms with E-state index in [-0.39, 0.29) is 5.91 Å². The summed E-state index contributed by atoms with van der Waals surface area (Å²) in [6, 6.07) is 17.7. The topological polar surface area (TPSA) is 127 Å². The van der Waals surface area contributed by atoms with Crippen molar-refractivity contribution >= 4 is 45.9 Å². The van der Waals surface area contributed by atoms with Crippen molar-refractivity contribution in [3.05, 3.63) is 89.7 Å². The van der Waals surface area contributed by atoms with Crippen LogP contribution in [0.15, 0.2) is 73.1 Å². The summed E-state index contributed by atoms with van der Waals surface area (Å²) in [6.07, 6.45) is 5.01. The van der Waals surface area contributed by atoms with E-state index < -0.39 is 5.91 Å². The van der Waals surface area contributed by atoms with Crippen LogP contribution in [0.3, 0.4) is 0 Å². The van der Waals surface area contributed by atoms with Crippen LogP contribution in [-0.2, 0) is 4.79 Å². The summed E-state index contributed by atoms with van der Waals surface area (Å²) in [5.74, 6) is -0.826. The highest BCUT2D eigenvalue weighted by Gasteiger charge is 2.12. The van der Waals surface area contributed by atoms with E-state index in [4.69, 9.17) is 11.5 Å². The molecule has 0 saturated carbocycles. The van der Waals surface area contributed by atoms with Gasteiger partial charge in [-0.15, -0.1) is 0 Å². The molecule has 0 aliphatic carbocycles. The first-order chi connectivity index (χ1) is 14.5. The van der Waals surface area contributed by atoms with E-state index in [0.29, 0.717) is 28.2 Å². The number of carbonyl (C=O) groups is 2. The average Bonchev–Trinajstić information content (AvgIpc) is 3.14. The van der Waals surface area contributed by atoms with E-state index in [9.17, 15) is 9.59 Å². The molecule has 0 aliphatic rings. The highest BCUT2D eigenvalue weighted by Crippen LogP contribution is 2.25. The van der Waals surface area contributed by atoms with Crippen LogP contribution in [0.2, 0.25) is 0 Å². The third kappa shape index (κ3) is 3.90. The molecule has 2 heterocycles. The molecule has 2 aromatic carbocycles. The fourth-order valence-corrected chi connectivity index (χ4v) is 3.16. The molecule has 4 rings (SSSR count). The second kappa shape index (κ2) is 7.92. The van der Waals surface area contributed by atoms with Gasteiger partial charge >= 0.3 is 0 Å². The fraction of sp³-hybridized carbons (Fsp3) is 0. The van der Waals surface area contributed by atoms with Crippen LogP contribution in [0.5, 0.6) is 0 Å². The SMILES string of the molecule is NC(=O)C(=Cc1c[nH]c2ncc(NC(=O)c3cccc(N)c3)cc12)c1ccccc1. The lowest BCUT2D eigenvalue weighted by Gasteiger charge is -2.06. The molecule has 0 saturated heterocycles. The first-order valence-corrected chi connectivity index (χ1v) is 9.22. The first kappa shape index (κ1) is 18.9. The van der Waals surface area contributed by atoms with E-state index in [2.05, 4.69) is 15.3 Å². The number of pyridine rings is 1. The number of nitrogens with one attached hydrogen (secondary N) is 2. The molecule has 6 N–H and O–H groups in total. The maximum atomic E-state index is 12.5. The number of primary amides is 1. The van der Waals surface area contributed by atoms with E-state index in [1.165, 1.54) is 0 Å². The number of H-pyrrole nitrogens is 1. The van der Waals surface area contributed by atoms with Gasteiger partial charge < -0.3 is 21.8 Å². The number of nitrogens with two attached hydrogens (primary N) is 2. The third-order valence-corrected chi connectivity index (χ3v) is 4.62. The maximum Gasteiger partial charge on any atom is 0.255 e. The molecule has 2 aromatic heterocycles. The molecule has 0 radical (unpaired) electrons. The van der Waals surface area contributed by atoms with Crippen molar-refractivity contribution in [2.24, 2.45) is 5.73 Å². The van der Waals surface area contributed by atoms with Crippen LogP contribution in [-0.4, -0.2) is 21.8 Å². The standard InChI is InChI=1S/C23H19N5O2/c24-17-8-4-7-15(9-17)23(30)28-18-11-20-16(12-26-22(20)27-13-18)10-19(21(25)29)14-5-2-1-3-6-14/h1-13H,24H2,(H2,25,29)(H,26,27)(H,28,30). The van der Waals surface area contributed by atoms with E-state index in [1.54, 1.807) is 48.8 Å². The largest absolute Gasteiger partial charge is 0.399 e. The molecule has 0 aliphatic heterocycles. The van der Waals surface area contributed by atoms with Gasteiger partial charge in [-0.25, -0.2) is 4.98 Å². The molecule has 0 spiro atoms. The molecule has 0 fully saturated rings. The number of nitrogen functional groups attached to an aromatic ring is 1. The molecular weight excluding hydrogens is 378 g/mol. The van der Waals surface area contributed by atoms with Crippen molar-refractivity contribution in [3.8, 4) is 0 Å². The normalized spacial score (nSPS) is 11.4. The minimum Gasteiger partial charge on any atom is -0.399 e. The van der Waals surface area contributed by atoms with E-state index >= 15 is 0 Å². The number of aromatic amines is 1. The number of fused-ring (bicyclic) bond motifs is 1. The number of aromatic nitrogens is 2. The molecule has 30 heavy (non-hydrogen) atoms. The van der Waals surface area contributed by atoms with Gasteiger partial charge in [-0.2, -0.15) is 0 Å². The van der Waals surface area contributed by atoms with Gasteiger partial charge in [-0.05, 0) is 35.9 Å². The second-order valence-corrected chi connectivity index (χ2v) is 6.73. The van der Waals surface area contributed by atoms with Gasteiger partial charge in [-0.3, -0.25) is 9.59 Å². The Kier molecular flexibility index (Phi) is 5.00. The van der Waals surface area contributed by atoms with Crippen molar-refractivity contribution in [2.45, 2.75) is 0 Å². The monoisotopic (exact) mass is 397 g/mol. The van der Waals surface area contributed by atoms with Crippen LogP contribution >= 0.6 is 0 Å². The van der Waals surface area contributed by atoms with Gasteiger partial charge in [0.25, 0.3) is 5.91 Å². The lowest BCUT2D eigenvalue weighted by Crippen LogP contribution is -2.13. The summed E-state index contributed by atoms with van der Waals surface area (Å²) >= 11 is 0. The Morgan fingerprint density at radius 1 is 1.00 bits per heavy atom. The summed E-state index contributed by atoms with van der Waals surface area (Å²) in [6.45, 7) is 0. The number of rotatable bonds is 5. The summed E-state index contributed by atoms with van der Waals surface area (Å²) in [4.78, 5) is 31.9. The zero-order chi connectivity index (χ0) is 21.1. The average molecular weight is 397 g/mol. The number of amides is 2. The Bertz CT molecular complexity index is 1280. The van der Waals surface area contributed by atoms with Gasteiger partial charge in [-0.1, -0.05) is 36.4 Å². The zero-order valence-electron chi connectivity index (χ0n) is 15.9. The van der Waals surface area contributed by atoms with Gasteiger partial charge in [0, 0.05) is 34.0 Å². The lowest BCUT2D eigenvalue weighted by molar-refractivity contribution is -0.112. The Balaban J connectivity index is 1.69. The first-order valence-electron chi connectivity index (χ1n) is 9.22. The van der Waals surface area contributed by atoms with Crippen LogP contribution in [0.1, 0.15) is 21.5 Å². The minimum atomic E-state index is -0.533. The fourth-order valence-electron chi connectivity index (χ4n) is 3.16. The van der Waals surface area contributed by atoms with Crippen LogP contribution in [0.25, 0.3) is 22.7 Å². The van der Waals surface area contributed by atoms with Crippen molar-refractivity contribution in [3.63, 3.8) is 0 Å². The van der Waals surface area contributed by atoms with Crippen molar-refractivity contribution in [1.29, 1.82) is 0 Å². The van der Waals surface area contributed by atoms with Gasteiger partial charge in [0.05, 0.1) is 11.9 Å². The van der Waals surface area contributed by atoms with Crippen LogP contribution in [0, 0.1) is 0 Å². The quantitative estimate of drug-likeness (QED) is 0.304. The Hall–Kier alpha value is -4.39. The molecule has 7 heteroatoms. The van der Waals surface area contributed by atoms with Gasteiger partial charge in [0.1, 0.15) is 5.65 Å². The highest BCUT2D eigenvalue weighted by molar-refractivity contribution is 6.24. The third-order valence-electron chi connectivity index (χ3n) is 4.62. The van der Waals surface area contributed by atoms with Crippen molar-refractivity contribution < 1.29 is 9.59 Å².